The number of rotatable bonds is 9. The Morgan fingerprint density at radius 1 is 1.13 bits per heavy atom. The Labute approximate surface area is 181 Å². The summed E-state index contributed by atoms with van der Waals surface area (Å²) in [6.45, 7) is 0. The Bertz CT molecular complexity index is 1100. The number of aryl methyl sites for hydroxylation is 1. The van der Waals surface area contributed by atoms with Gasteiger partial charge in [-0.1, -0.05) is 12.1 Å². The van der Waals surface area contributed by atoms with Crippen molar-refractivity contribution >= 4 is 32.8 Å². The van der Waals surface area contributed by atoms with Crippen molar-refractivity contribution in [2.24, 2.45) is 0 Å². The van der Waals surface area contributed by atoms with Crippen LogP contribution in [0.2, 0.25) is 0 Å². The van der Waals surface area contributed by atoms with Crippen molar-refractivity contribution in [3.8, 4) is 0 Å². The molecule has 0 saturated carbocycles. The van der Waals surface area contributed by atoms with Gasteiger partial charge in [-0.3, -0.25) is 0 Å². The van der Waals surface area contributed by atoms with Crippen molar-refractivity contribution in [3.05, 3.63) is 75.7 Å². The summed E-state index contributed by atoms with van der Waals surface area (Å²) in [7, 11) is 0.412. The molecule has 2 heterocycles. The number of anilines is 1. The van der Waals surface area contributed by atoms with Crippen molar-refractivity contribution in [2.45, 2.75) is 24.0 Å². The van der Waals surface area contributed by atoms with Crippen LogP contribution in [0.25, 0.3) is 0 Å². The van der Waals surface area contributed by atoms with Gasteiger partial charge < -0.3 is 15.0 Å². The lowest BCUT2D eigenvalue weighted by Crippen LogP contribution is -2.38. The van der Waals surface area contributed by atoms with Crippen LogP contribution in [0.15, 0.2) is 54.7 Å². The number of carbonyl (C=O) groups is 1. The molecular formula is C22H26N2O4S2. The summed E-state index contributed by atoms with van der Waals surface area (Å²) in [4.78, 5) is 17.4. The highest BCUT2D eigenvalue weighted by atomic mass is 32.2. The second kappa shape index (κ2) is 8.65. The fourth-order valence-electron chi connectivity index (χ4n) is 3.64. The predicted molar refractivity (Wildman–Crippen MR) is 121 cm³/mol. The minimum atomic E-state index is -3.51. The zero-order valence-corrected chi connectivity index (χ0v) is 18.9. The number of thiophene rings is 1. The van der Waals surface area contributed by atoms with Crippen molar-refractivity contribution in [3.63, 3.8) is 0 Å². The topological polar surface area (TPSA) is 90.5 Å². The second-order valence-electron chi connectivity index (χ2n) is 7.66. The predicted octanol–water partition coefficient (Wildman–Crippen LogP) is 3.96. The molecule has 0 radical (unpaired) electrons. The van der Waals surface area contributed by atoms with Gasteiger partial charge in [-0.2, -0.15) is 0 Å². The number of H-pyrrole nitrogens is 1. The smallest absolute Gasteiger partial charge is 0.345 e. The normalized spacial score (nSPS) is 13.7. The third-order valence-electron chi connectivity index (χ3n) is 5.39. The number of carboxylic acid groups (broad SMARTS) is 1. The molecule has 6 nitrogen and oxygen atoms in total. The number of sulfone groups is 1. The summed E-state index contributed by atoms with van der Waals surface area (Å²) in [5.74, 6) is -0.967. The van der Waals surface area contributed by atoms with Crippen molar-refractivity contribution in [1.29, 1.82) is 0 Å². The van der Waals surface area contributed by atoms with Crippen LogP contribution in [0, 0.1) is 0 Å². The number of hydrogen-bond donors (Lipinski definition) is 2. The number of nitrogens with one attached hydrogen (secondary N) is 1. The summed E-state index contributed by atoms with van der Waals surface area (Å²) >= 11 is 1.19. The summed E-state index contributed by atoms with van der Waals surface area (Å²) in [6, 6.07) is 14.8. The van der Waals surface area contributed by atoms with E-state index in [0.717, 1.165) is 16.1 Å². The molecule has 0 saturated heterocycles. The first-order chi connectivity index (χ1) is 14.1. The number of aromatic amines is 1. The Morgan fingerprint density at radius 3 is 2.33 bits per heavy atom. The number of aromatic nitrogens is 1. The van der Waals surface area contributed by atoms with Gasteiger partial charge >= 0.3 is 5.97 Å². The molecule has 30 heavy (non-hydrogen) atoms. The van der Waals surface area contributed by atoms with Gasteiger partial charge in [-0.15, -0.1) is 11.3 Å². The molecule has 0 aliphatic heterocycles. The average Bonchev–Trinajstić information content (AvgIpc) is 3.36. The maximum Gasteiger partial charge on any atom is 0.345 e. The molecule has 1 aromatic carbocycles. The fourth-order valence-corrected chi connectivity index (χ4v) is 5.92. The third-order valence-corrected chi connectivity index (χ3v) is 8.51. The second-order valence-corrected chi connectivity index (χ2v) is 11.2. The summed E-state index contributed by atoms with van der Waals surface area (Å²) in [6.07, 6.45) is 4.16. The maximum atomic E-state index is 13.1. The van der Waals surface area contributed by atoms with Crippen LogP contribution < -0.4 is 4.90 Å². The van der Waals surface area contributed by atoms with E-state index in [1.807, 2.05) is 49.3 Å². The summed E-state index contributed by atoms with van der Waals surface area (Å²) in [5.41, 5.74) is 2.62. The molecule has 2 aromatic heterocycles. The fraction of sp³-hybridized carbons (Fsp3) is 0.318. The molecular weight excluding hydrogens is 420 g/mol. The van der Waals surface area contributed by atoms with Gasteiger partial charge in [0.2, 0.25) is 0 Å². The molecule has 0 fully saturated rings. The van der Waals surface area contributed by atoms with Crippen LogP contribution in [0.5, 0.6) is 0 Å². The molecule has 0 amide bonds. The van der Waals surface area contributed by atoms with Crippen molar-refractivity contribution in [2.75, 3.05) is 25.3 Å². The van der Waals surface area contributed by atoms with Gasteiger partial charge in [0.05, 0.1) is 0 Å². The number of nitrogens with zero attached hydrogens (tertiary/aromatic N) is 1. The number of aromatic carboxylic acids is 1. The summed E-state index contributed by atoms with van der Waals surface area (Å²) < 4.78 is 25.2. The zero-order valence-electron chi connectivity index (χ0n) is 17.3. The molecule has 3 rings (SSSR count). The highest BCUT2D eigenvalue weighted by Crippen LogP contribution is 2.38. The van der Waals surface area contributed by atoms with E-state index >= 15 is 0 Å². The molecule has 0 aliphatic carbocycles. The van der Waals surface area contributed by atoms with Crippen molar-refractivity contribution in [1.82, 2.24) is 4.98 Å². The number of hydrogen-bond acceptors (Lipinski definition) is 5. The molecule has 0 bridgehead atoms. The lowest BCUT2D eigenvalue weighted by atomic mass is 9.90. The monoisotopic (exact) mass is 446 g/mol. The molecule has 8 heteroatoms. The highest BCUT2D eigenvalue weighted by molar-refractivity contribution is 7.91. The van der Waals surface area contributed by atoms with Crippen LogP contribution in [0.3, 0.4) is 0 Å². The molecule has 1 unspecified atom stereocenters. The minimum absolute atomic E-state index is 0.258. The quantitative estimate of drug-likeness (QED) is 0.519. The Morgan fingerprint density at radius 2 is 1.83 bits per heavy atom. The third kappa shape index (κ3) is 4.60. The lowest BCUT2D eigenvalue weighted by molar-refractivity contribution is 0.0702. The first-order valence-electron chi connectivity index (χ1n) is 9.54. The van der Waals surface area contributed by atoms with E-state index in [1.165, 1.54) is 17.6 Å². The summed E-state index contributed by atoms with van der Waals surface area (Å²) in [5, 5.41) is 9.17. The van der Waals surface area contributed by atoms with E-state index in [4.69, 9.17) is 5.11 Å². The zero-order chi connectivity index (χ0) is 21.9. The molecule has 1 atom stereocenters. The average molecular weight is 447 g/mol. The van der Waals surface area contributed by atoms with E-state index in [2.05, 4.69) is 4.98 Å². The minimum Gasteiger partial charge on any atom is -0.477 e. The SMILES string of the molecule is CN(C)c1ccc(CC(CCc2ccc(C(=O)O)s2)(c2ccc[nH]2)S(C)(=O)=O)cc1. The van der Waals surface area contributed by atoms with Crippen LogP contribution in [-0.4, -0.2) is 44.8 Å². The van der Waals surface area contributed by atoms with E-state index in [9.17, 15) is 13.2 Å². The molecule has 0 aliphatic rings. The van der Waals surface area contributed by atoms with Gasteiger partial charge in [0.1, 0.15) is 9.62 Å². The maximum absolute atomic E-state index is 13.1. The van der Waals surface area contributed by atoms with Crippen LogP contribution in [0.4, 0.5) is 5.69 Å². The van der Waals surface area contributed by atoms with E-state index < -0.39 is 20.6 Å². The standard InChI is InChI=1S/C22H26N2O4S2/c1-24(2)17-8-6-16(7-9-17)15-22(30(3,27)28,20-5-4-14-23-20)13-12-18-10-11-19(29-18)21(25)26/h4-11,14,23H,12-13,15H2,1-3H3,(H,25,26). The van der Waals surface area contributed by atoms with Crippen LogP contribution in [0.1, 0.15) is 32.2 Å². The molecule has 3 aromatic rings. The lowest BCUT2D eigenvalue weighted by Gasteiger charge is -2.32. The van der Waals surface area contributed by atoms with E-state index in [1.54, 1.807) is 24.4 Å². The van der Waals surface area contributed by atoms with Crippen LogP contribution >= 0.6 is 11.3 Å². The molecule has 2 N–H and O–H groups in total. The number of benzene rings is 1. The van der Waals surface area contributed by atoms with E-state index in [0.29, 0.717) is 25.0 Å². The highest BCUT2D eigenvalue weighted by Gasteiger charge is 2.43. The largest absolute Gasteiger partial charge is 0.477 e. The van der Waals surface area contributed by atoms with Gasteiger partial charge in [0.25, 0.3) is 0 Å². The first kappa shape index (κ1) is 22.1. The van der Waals surface area contributed by atoms with Crippen molar-refractivity contribution < 1.29 is 18.3 Å². The first-order valence-corrected chi connectivity index (χ1v) is 12.2. The van der Waals surface area contributed by atoms with Gasteiger partial charge in [-0.05, 0) is 61.2 Å². The Kier molecular flexibility index (Phi) is 6.38. The number of carboxylic acids is 1. The Balaban J connectivity index is 1.97. The van der Waals surface area contributed by atoms with Crippen LogP contribution in [-0.2, 0) is 27.4 Å². The Hall–Kier alpha value is -2.58. The van der Waals surface area contributed by atoms with Gasteiger partial charge in [0.15, 0.2) is 9.84 Å². The molecule has 0 spiro atoms. The van der Waals surface area contributed by atoms with Gasteiger partial charge in [-0.25, -0.2) is 13.2 Å². The molecule has 160 valence electrons. The van der Waals surface area contributed by atoms with E-state index in [-0.39, 0.29) is 4.88 Å². The van der Waals surface area contributed by atoms with Gasteiger partial charge in [0, 0.05) is 42.8 Å².